The van der Waals surface area contributed by atoms with E-state index >= 15 is 0 Å². The van der Waals surface area contributed by atoms with Gasteiger partial charge >= 0.3 is 5.97 Å². The Hall–Kier alpha value is -1.91. The van der Waals surface area contributed by atoms with Crippen molar-refractivity contribution in [1.29, 1.82) is 0 Å². The number of carbonyl (C=O) groups is 1. The summed E-state index contributed by atoms with van der Waals surface area (Å²) in [7, 11) is 2.83. The molecule has 0 N–H and O–H groups in total. The molecule has 1 saturated carbocycles. The maximum Gasteiger partial charge on any atom is 0.357 e. The van der Waals surface area contributed by atoms with Crippen LogP contribution in [0.25, 0.3) is 6.08 Å². The summed E-state index contributed by atoms with van der Waals surface area (Å²) in [6.07, 6.45) is 3.61. The molecule has 0 spiro atoms. The third-order valence-electron chi connectivity index (χ3n) is 2.65. The standard InChI is InChI=1S/C12H14N2O3/c1-4-8-9(12(15)17-3)13-10(7-5-6-7)14-11(8)16-2/h4,7H,1,5-6H2,2-3H3. The molecule has 90 valence electrons. The van der Waals surface area contributed by atoms with Crippen LogP contribution in [0.2, 0.25) is 0 Å². The minimum atomic E-state index is -0.498. The van der Waals surface area contributed by atoms with E-state index in [0.717, 1.165) is 12.8 Å². The van der Waals surface area contributed by atoms with Crippen LogP contribution in [0.1, 0.15) is 40.6 Å². The average molecular weight is 234 g/mol. The van der Waals surface area contributed by atoms with E-state index < -0.39 is 5.97 Å². The molecule has 0 bridgehead atoms. The molecule has 5 nitrogen and oxygen atoms in total. The van der Waals surface area contributed by atoms with Crippen molar-refractivity contribution in [2.24, 2.45) is 0 Å². The second-order valence-electron chi connectivity index (χ2n) is 3.82. The molecule has 1 aromatic heterocycles. The fraction of sp³-hybridized carbons (Fsp3) is 0.417. The quantitative estimate of drug-likeness (QED) is 0.743. The Morgan fingerprint density at radius 3 is 2.59 bits per heavy atom. The Labute approximate surface area is 99.5 Å². The fourth-order valence-corrected chi connectivity index (χ4v) is 1.58. The number of nitrogens with zero attached hydrogens (tertiary/aromatic N) is 2. The fourth-order valence-electron chi connectivity index (χ4n) is 1.58. The number of hydrogen-bond donors (Lipinski definition) is 0. The highest BCUT2D eigenvalue weighted by Gasteiger charge is 2.30. The number of ether oxygens (including phenoxy) is 2. The predicted octanol–water partition coefficient (Wildman–Crippen LogP) is 1.79. The van der Waals surface area contributed by atoms with Crippen molar-refractivity contribution in [3.05, 3.63) is 23.7 Å². The van der Waals surface area contributed by atoms with Crippen LogP contribution < -0.4 is 4.74 Å². The van der Waals surface area contributed by atoms with Gasteiger partial charge in [-0.25, -0.2) is 9.78 Å². The monoisotopic (exact) mass is 234 g/mol. The molecule has 0 aromatic carbocycles. The third-order valence-corrected chi connectivity index (χ3v) is 2.65. The zero-order chi connectivity index (χ0) is 12.4. The lowest BCUT2D eigenvalue weighted by molar-refractivity contribution is 0.0592. The maximum atomic E-state index is 11.6. The normalized spacial score (nSPS) is 14.2. The van der Waals surface area contributed by atoms with Gasteiger partial charge in [0.25, 0.3) is 0 Å². The number of hydrogen-bond acceptors (Lipinski definition) is 5. The highest BCUT2D eigenvalue weighted by molar-refractivity contribution is 5.92. The Balaban J connectivity index is 2.55. The molecule has 0 unspecified atom stereocenters. The van der Waals surface area contributed by atoms with Crippen LogP contribution in [0, 0.1) is 0 Å². The topological polar surface area (TPSA) is 61.3 Å². The Kier molecular flexibility index (Phi) is 3.08. The molecule has 5 heteroatoms. The number of methoxy groups -OCH3 is 2. The molecular formula is C12H14N2O3. The molecular weight excluding hydrogens is 220 g/mol. The largest absolute Gasteiger partial charge is 0.480 e. The van der Waals surface area contributed by atoms with Crippen molar-refractivity contribution in [3.63, 3.8) is 0 Å². The van der Waals surface area contributed by atoms with Gasteiger partial charge in [0.2, 0.25) is 5.88 Å². The van der Waals surface area contributed by atoms with E-state index in [2.05, 4.69) is 16.5 Å². The van der Waals surface area contributed by atoms with Crippen LogP contribution >= 0.6 is 0 Å². The number of esters is 1. The van der Waals surface area contributed by atoms with Crippen LogP contribution in [0.4, 0.5) is 0 Å². The van der Waals surface area contributed by atoms with E-state index in [1.165, 1.54) is 20.3 Å². The molecule has 2 rings (SSSR count). The number of rotatable bonds is 4. The molecule has 0 atom stereocenters. The second kappa shape index (κ2) is 4.53. The summed E-state index contributed by atoms with van der Waals surface area (Å²) >= 11 is 0. The SMILES string of the molecule is C=Cc1c(OC)nc(C2CC2)nc1C(=O)OC. The molecule has 17 heavy (non-hydrogen) atoms. The highest BCUT2D eigenvalue weighted by atomic mass is 16.5. The Bertz CT molecular complexity index is 467. The second-order valence-corrected chi connectivity index (χ2v) is 3.82. The van der Waals surface area contributed by atoms with Crippen molar-refractivity contribution in [2.45, 2.75) is 18.8 Å². The summed E-state index contributed by atoms with van der Waals surface area (Å²) < 4.78 is 9.86. The van der Waals surface area contributed by atoms with E-state index in [1.54, 1.807) is 0 Å². The molecule has 0 aliphatic heterocycles. The molecule has 0 radical (unpaired) electrons. The summed E-state index contributed by atoms with van der Waals surface area (Å²) in [5, 5.41) is 0. The average Bonchev–Trinajstić information content (AvgIpc) is 3.20. The van der Waals surface area contributed by atoms with Crippen molar-refractivity contribution in [3.8, 4) is 5.88 Å². The van der Waals surface area contributed by atoms with Crippen LogP contribution in [0.15, 0.2) is 6.58 Å². The van der Waals surface area contributed by atoms with E-state index in [1.807, 2.05) is 0 Å². The van der Waals surface area contributed by atoms with Gasteiger partial charge in [-0.1, -0.05) is 12.7 Å². The molecule has 1 aromatic rings. The van der Waals surface area contributed by atoms with Crippen molar-refractivity contribution in [2.75, 3.05) is 14.2 Å². The van der Waals surface area contributed by atoms with Crippen LogP contribution in [0.3, 0.4) is 0 Å². The molecule has 0 saturated heterocycles. The van der Waals surface area contributed by atoms with Gasteiger partial charge < -0.3 is 9.47 Å². The lowest BCUT2D eigenvalue weighted by Crippen LogP contribution is -2.11. The van der Waals surface area contributed by atoms with Crippen molar-refractivity contribution >= 4 is 12.0 Å². The van der Waals surface area contributed by atoms with Gasteiger partial charge in [0.1, 0.15) is 5.82 Å². The zero-order valence-electron chi connectivity index (χ0n) is 9.90. The molecule has 1 fully saturated rings. The van der Waals surface area contributed by atoms with Gasteiger partial charge in [0.15, 0.2) is 5.69 Å². The highest BCUT2D eigenvalue weighted by Crippen LogP contribution is 2.39. The van der Waals surface area contributed by atoms with Gasteiger partial charge in [-0.05, 0) is 12.8 Å². The van der Waals surface area contributed by atoms with Crippen molar-refractivity contribution in [1.82, 2.24) is 9.97 Å². The molecule has 1 heterocycles. The van der Waals surface area contributed by atoms with Crippen molar-refractivity contribution < 1.29 is 14.3 Å². The van der Waals surface area contributed by atoms with E-state index in [4.69, 9.17) is 9.47 Å². The van der Waals surface area contributed by atoms with Gasteiger partial charge in [-0.2, -0.15) is 4.98 Å². The zero-order valence-corrected chi connectivity index (χ0v) is 9.90. The predicted molar refractivity (Wildman–Crippen MR) is 62.0 cm³/mol. The van der Waals surface area contributed by atoms with Crippen LogP contribution in [-0.4, -0.2) is 30.2 Å². The third kappa shape index (κ3) is 2.13. The lowest BCUT2D eigenvalue weighted by Gasteiger charge is -2.09. The van der Waals surface area contributed by atoms with Gasteiger partial charge in [-0.15, -0.1) is 0 Å². The molecule has 1 aliphatic carbocycles. The smallest absolute Gasteiger partial charge is 0.357 e. The first-order valence-corrected chi connectivity index (χ1v) is 5.38. The summed E-state index contributed by atoms with van der Waals surface area (Å²) in [5.41, 5.74) is 0.694. The first kappa shape index (κ1) is 11.6. The van der Waals surface area contributed by atoms with Gasteiger partial charge in [0, 0.05) is 5.92 Å². The number of carbonyl (C=O) groups excluding carboxylic acids is 1. The first-order chi connectivity index (χ1) is 8.21. The maximum absolute atomic E-state index is 11.6. The lowest BCUT2D eigenvalue weighted by atomic mass is 10.2. The van der Waals surface area contributed by atoms with Gasteiger partial charge in [0.05, 0.1) is 19.8 Å². The Morgan fingerprint density at radius 2 is 2.12 bits per heavy atom. The first-order valence-electron chi connectivity index (χ1n) is 5.38. The minimum Gasteiger partial charge on any atom is -0.480 e. The van der Waals surface area contributed by atoms with Crippen LogP contribution in [-0.2, 0) is 4.74 Å². The van der Waals surface area contributed by atoms with E-state index in [-0.39, 0.29) is 5.69 Å². The summed E-state index contributed by atoms with van der Waals surface area (Å²) in [6, 6.07) is 0. The summed E-state index contributed by atoms with van der Waals surface area (Å²) in [4.78, 5) is 20.2. The molecule has 0 amide bonds. The summed E-state index contributed by atoms with van der Waals surface area (Å²) in [6.45, 7) is 3.64. The van der Waals surface area contributed by atoms with Crippen LogP contribution in [0.5, 0.6) is 5.88 Å². The van der Waals surface area contributed by atoms with Gasteiger partial charge in [-0.3, -0.25) is 0 Å². The number of aromatic nitrogens is 2. The minimum absolute atomic E-state index is 0.219. The Morgan fingerprint density at radius 1 is 1.41 bits per heavy atom. The van der Waals surface area contributed by atoms with E-state index in [9.17, 15) is 4.79 Å². The molecule has 1 aliphatic rings. The summed E-state index contributed by atoms with van der Waals surface area (Å²) in [5.74, 6) is 0.860. The van der Waals surface area contributed by atoms with E-state index in [0.29, 0.717) is 23.2 Å².